The molecule has 0 aliphatic carbocycles. The lowest BCUT2D eigenvalue weighted by Gasteiger charge is -2.08. The molecular weight excluding hydrogens is 382 g/mol. The van der Waals surface area contributed by atoms with Gasteiger partial charge in [-0.05, 0) is 48.5 Å². The fourth-order valence-electron chi connectivity index (χ4n) is 2.18. The lowest BCUT2D eigenvalue weighted by molar-refractivity contribution is 0.373. The average Bonchev–Trinajstić information content (AvgIpc) is 2.70. The number of hydrogen-bond acceptors (Lipinski definition) is 6. The Morgan fingerprint density at radius 3 is 2.00 bits per heavy atom. The Bertz CT molecular complexity index is 940. The largest absolute Gasteiger partial charge is 0.481 e. The Hall–Kier alpha value is -3.52. The zero-order valence-corrected chi connectivity index (χ0v) is 16.0. The third kappa shape index (κ3) is 5.24. The number of ether oxygens (including phenoxy) is 3. The normalized spacial score (nSPS) is 11.0. The molecule has 9 heteroatoms. The SMILES string of the molecule is COc1cc(OC)nc(NC(N)=Nc2ccc(Oc3ccc(Cl)cc3)cc2)n1. The van der Waals surface area contributed by atoms with Gasteiger partial charge in [-0.25, -0.2) is 4.99 Å². The third-order valence-corrected chi connectivity index (χ3v) is 3.72. The van der Waals surface area contributed by atoms with Gasteiger partial charge >= 0.3 is 0 Å². The quantitative estimate of drug-likeness (QED) is 0.476. The molecule has 0 aliphatic heterocycles. The van der Waals surface area contributed by atoms with Gasteiger partial charge in [0, 0.05) is 5.02 Å². The van der Waals surface area contributed by atoms with E-state index >= 15 is 0 Å². The van der Waals surface area contributed by atoms with Crippen molar-refractivity contribution >= 4 is 29.2 Å². The fraction of sp³-hybridized carbons (Fsp3) is 0.105. The van der Waals surface area contributed by atoms with Gasteiger partial charge in [0.1, 0.15) is 11.5 Å². The minimum Gasteiger partial charge on any atom is -0.481 e. The summed E-state index contributed by atoms with van der Waals surface area (Å²) in [5.74, 6) is 2.35. The summed E-state index contributed by atoms with van der Waals surface area (Å²) in [5.41, 5.74) is 6.56. The molecule has 1 aromatic heterocycles. The predicted octanol–water partition coefficient (Wildman–Crippen LogP) is 4.00. The number of rotatable bonds is 6. The summed E-state index contributed by atoms with van der Waals surface area (Å²) in [6.07, 6.45) is 0. The second-order valence-electron chi connectivity index (χ2n) is 5.45. The molecule has 3 rings (SSSR count). The van der Waals surface area contributed by atoms with Crippen molar-refractivity contribution in [2.24, 2.45) is 10.7 Å². The number of halogens is 1. The molecule has 3 aromatic rings. The van der Waals surface area contributed by atoms with Gasteiger partial charge < -0.3 is 19.9 Å². The highest BCUT2D eigenvalue weighted by Crippen LogP contribution is 2.25. The van der Waals surface area contributed by atoms with E-state index in [9.17, 15) is 0 Å². The maximum atomic E-state index is 5.93. The van der Waals surface area contributed by atoms with E-state index < -0.39 is 0 Å². The molecule has 3 N–H and O–H groups in total. The van der Waals surface area contributed by atoms with E-state index in [1.165, 1.54) is 14.2 Å². The second-order valence-corrected chi connectivity index (χ2v) is 5.88. The summed E-state index contributed by atoms with van der Waals surface area (Å²) < 4.78 is 15.9. The first-order chi connectivity index (χ1) is 13.6. The summed E-state index contributed by atoms with van der Waals surface area (Å²) in [6, 6.07) is 15.8. The fourth-order valence-corrected chi connectivity index (χ4v) is 2.30. The van der Waals surface area contributed by atoms with Crippen LogP contribution in [0, 0.1) is 0 Å². The van der Waals surface area contributed by atoms with E-state index in [-0.39, 0.29) is 11.9 Å². The minimum atomic E-state index is 0.113. The molecule has 0 saturated heterocycles. The number of guanidine groups is 1. The Balaban J connectivity index is 1.68. The molecule has 0 spiro atoms. The van der Waals surface area contributed by atoms with Crippen LogP contribution in [-0.2, 0) is 0 Å². The number of aliphatic imine (C=N–C) groups is 1. The highest BCUT2D eigenvalue weighted by Gasteiger charge is 2.06. The van der Waals surface area contributed by atoms with Crippen molar-refractivity contribution in [3.8, 4) is 23.3 Å². The number of nitrogens with one attached hydrogen (secondary N) is 1. The minimum absolute atomic E-state index is 0.113. The molecule has 0 bridgehead atoms. The summed E-state index contributed by atoms with van der Waals surface area (Å²) in [4.78, 5) is 12.5. The van der Waals surface area contributed by atoms with Crippen molar-refractivity contribution in [1.82, 2.24) is 9.97 Å². The molecule has 0 amide bonds. The summed E-state index contributed by atoms with van der Waals surface area (Å²) in [5, 5.41) is 3.45. The summed E-state index contributed by atoms with van der Waals surface area (Å²) >= 11 is 5.86. The molecule has 0 atom stereocenters. The van der Waals surface area contributed by atoms with E-state index in [1.54, 1.807) is 54.6 Å². The number of methoxy groups -OCH3 is 2. The van der Waals surface area contributed by atoms with Gasteiger partial charge in [-0.2, -0.15) is 9.97 Å². The monoisotopic (exact) mass is 399 g/mol. The van der Waals surface area contributed by atoms with E-state index in [2.05, 4.69) is 20.3 Å². The molecule has 0 fully saturated rings. The zero-order chi connectivity index (χ0) is 19.9. The van der Waals surface area contributed by atoms with Crippen LogP contribution in [0.4, 0.5) is 11.6 Å². The molecule has 0 aliphatic rings. The Morgan fingerprint density at radius 1 is 0.929 bits per heavy atom. The van der Waals surface area contributed by atoms with Gasteiger partial charge in [-0.15, -0.1) is 0 Å². The maximum Gasteiger partial charge on any atom is 0.236 e. The van der Waals surface area contributed by atoms with E-state index in [0.717, 1.165) is 0 Å². The van der Waals surface area contributed by atoms with Crippen LogP contribution in [0.3, 0.4) is 0 Å². The zero-order valence-electron chi connectivity index (χ0n) is 15.2. The van der Waals surface area contributed by atoms with Crippen LogP contribution in [0.15, 0.2) is 59.6 Å². The number of hydrogen-bond donors (Lipinski definition) is 2. The molecule has 28 heavy (non-hydrogen) atoms. The van der Waals surface area contributed by atoms with Gasteiger partial charge in [0.2, 0.25) is 23.7 Å². The molecular formula is C19H18ClN5O3. The summed E-state index contributed by atoms with van der Waals surface area (Å²) in [6.45, 7) is 0. The standard InChI is InChI=1S/C19H18ClN5O3/c1-26-16-11-17(27-2)24-19(23-16)25-18(21)22-13-5-9-15(10-6-13)28-14-7-3-12(20)4-8-14/h3-11H,1-2H3,(H3,21,22,23,24,25). The molecule has 8 nitrogen and oxygen atoms in total. The van der Waals surface area contributed by atoms with Crippen LogP contribution in [-0.4, -0.2) is 30.1 Å². The van der Waals surface area contributed by atoms with Crippen LogP contribution in [0.25, 0.3) is 0 Å². The smallest absolute Gasteiger partial charge is 0.236 e. The lowest BCUT2D eigenvalue weighted by atomic mass is 10.3. The lowest BCUT2D eigenvalue weighted by Crippen LogP contribution is -2.23. The van der Waals surface area contributed by atoms with Crippen LogP contribution in [0.2, 0.25) is 5.02 Å². The van der Waals surface area contributed by atoms with Crippen LogP contribution in [0.1, 0.15) is 0 Å². The first-order valence-electron chi connectivity index (χ1n) is 8.17. The first kappa shape index (κ1) is 19.2. The van der Waals surface area contributed by atoms with Crippen molar-refractivity contribution in [2.75, 3.05) is 19.5 Å². The van der Waals surface area contributed by atoms with E-state index in [1.807, 2.05) is 0 Å². The van der Waals surface area contributed by atoms with Crippen molar-refractivity contribution in [2.45, 2.75) is 0 Å². The van der Waals surface area contributed by atoms with Gasteiger partial charge in [0.05, 0.1) is 26.0 Å². The number of nitrogens with two attached hydrogens (primary N) is 1. The Kier molecular flexibility index (Phi) is 6.13. The third-order valence-electron chi connectivity index (χ3n) is 3.47. The Labute approximate surface area is 167 Å². The molecule has 1 heterocycles. The van der Waals surface area contributed by atoms with Crippen molar-refractivity contribution in [3.05, 3.63) is 59.6 Å². The predicted molar refractivity (Wildman–Crippen MR) is 108 cm³/mol. The van der Waals surface area contributed by atoms with Crippen molar-refractivity contribution < 1.29 is 14.2 Å². The first-order valence-corrected chi connectivity index (χ1v) is 8.55. The molecule has 0 unspecified atom stereocenters. The van der Waals surface area contributed by atoms with Crippen molar-refractivity contribution in [1.29, 1.82) is 0 Å². The number of nitrogens with zero attached hydrogens (tertiary/aromatic N) is 3. The number of benzene rings is 2. The topological polar surface area (TPSA) is 104 Å². The van der Waals surface area contributed by atoms with Crippen LogP contribution < -0.4 is 25.3 Å². The highest BCUT2D eigenvalue weighted by molar-refractivity contribution is 6.30. The molecule has 2 aromatic carbocycles. The number of aromatic nitrogens is 2. The highest BCUT2D eigenvalue weighted by atomic mass is 35.5. The van der Waals surface area contributed by atoms with E-state index in [4.69, 9.17) is 31.5 Å². The second kappa shape index (κ2) is 8.92. The maximum absolute atomic E-state index is 5.93. The van der Waals surface area contributed by atoms with Gasteiger partial charge in [-0.1, -0.05) is 11.6 Å². The van der Waals surface area contributed by atoms with Crippen molar-refractivity contribution in [3.63, 3.8) is 0 Å². The molecule has 0 radical (unpaired) electrons. The van der Waals surface area contributed by atoms with Gasteiger partial charge in [-0.3, -0.25) is 5.32 Å². The van der Waals surface area contributed by atoms with Gasteiger partial charge in [0.15, 0.2) is 0 Å². The van der Waals surface area contributed by atoms with E-state index in [0.29, 0.717) is 34.0 Å². The average molecular weight is 400 g/mol. The van der Waals surface area contributed by atoms with Crippen LogP contribution >= 0.6 is 11.6 Å². The molecule has 0 saturated carbocycles. The summed E-state index contributed by atoms with van der Waals surface area (Å²) in [7, 11) is 2.99. The van der Waals surface area contributed by atoms with Crippen LogP contribution in [0.5, 0.6) is 23.3 Å². The van der Waals surface area contributed by atoms with Gasteiger partial charge in [0.25, 0.3) is 0 Å². The Morgan fingerprint density at radius 2 is 1.46 bits per heavy atom. The number of anilines is 1. The molecule has 144 valence electrons.